The van der Waals surface area contributed by atoms with Gasteiger partial charge < -0.3 is 39.0 Å². The molecule has 6 aliphatic rings. The van der Waals surface area contributed by atoms with Gasteiger partial charge in [-0.25, -0.2) is 4.79 Å². The van der Waals surface area contributed by atoms with Crippen LogP contribution in [0.1, 0.15) is 58.9 Å². The van der Waals surface area contributed by atoms with Gasteiger partial charge in [-0.1, -0.05) is 75.8 Å². The molecule has 10 heteroatoms. The Balaban J connectivity index is 1.40. The van der Waals surface area contributed by atoms with E-state index in [0.29, 0.717) is 5.57 Å². The number of hydrogen-bond acceptors (Lipinski definition) is 10. The number of Topliss-reactive ketones (excluding diaryl/α,β-unsaturated/α-hetero) is 1. The second-order valence-electron chi connectivity index (χ2n) is 14.1. The third kappa shape index (κ3) is 4.22. The lowest BCUT2D eigenvalue weighted by atomic mass is 9.53. The Kier molecular flexibility index (Phi) is 7.65. The number of allylic oxidation sites excluding steroid dienone is 1. The number of epoxide rings is 1. The molecule has 10 nitrogen and oxygen atoms in total. The zero-order chi connectivity index (χ0) is 33.6. The molecule has 47 heavy (non-hydrogen) atoms. The van der Waals surface area contributed by atoms with E-state index in [4.69, 9.17) is 23.7 Å². The number of ether oxygens (including phenoxy) is 5. The summed E-state index contributed by atoms with van der Waals surface area (Å²) in [4.78, 5) is 27.4. The number of esters is 1. The van der Waals surface area contributed by atoms with Crippen LogP contribution in [0.5, 0.6) is 0 Å². The van der Waals surface area contributed by atoms with Gasteiger partial charge in [0.15, 0.2) is 17.0 Å². The fourth-order valence-corrected chi connectivity index (χ4v) is 9.26. The molecule has 0 spiro atoms. The molecule has 3 N–H and O–H groups in total. The van der Waals surface area contributed by atoms with E-state index in [9.17, 15) is 24.9 Å². The molecular weight excluding hydrogens is 604 g/mol. The molecule has 2 saturated carbocycles. The zero-order valence-electron chi connectivity index (χ0n) is 27.3. The Bertz CT molecular complexity index is 1570. The summed E-state index contributed by atoms with van der Waals surface area (Å²) in [5.74, 6) is -5.76. The Morgan fingerprint density at radius 3 is 2.55 bits per heavy atom. The molecule has 5 fully saturated rings. The van der Waals surface area contributed by atoms with E-state index in [2.05, 4.69) is 13.5 Å². The summed E-state index contributed by atoms with van der Waals surface area (Å²) in [6, 6.07) is 9.34. The van der Waals surface area contributed by atoms with Gasteiger partial charge in [-0.3, -0.25) is 4.79 Å². The van der Waals surface area contributed by atoms with Crippen molar-refractivity contribution in [2.75, 3.05) is 6.61 Å². The predicted octanol–water partition coefficient (Wildman–Crippen LogP) is 3.55. The number of rotatable bonds is 10. The third-order valence-electron chi connectivity index (χ3n) is 11.5. The molecule has 3 aliphatic heterocycles. The summed E-state index contributed by atoms with van der Waals surface area (Å²) in [7, 11) is 0. The first kappa shape index (κ1) is 32.6. The van der Waals surface area contributed by atoms with Crippen molar-refractivity contribution in [1.29, 1.82) is 0 Å². The van der Waals surface area contributed by atoms with Crippen molar-refractivity contribution in [2.45, 2.75) is 106 Å². The van der Waals surface area contributed by atoms with Crippen molar-refractivity contribution in [3.8, 4) is 0 Å². The van der Waals surface area contributed by atoms with Gasteiger partial charge in [0.2, 0.25) is 0 Å². The third-order valence-corrected chi connectivity index (χ3v) is 11.5. The fraction of sp³-hybridized carbons (Fsp3) is 0.568. The number of carbonyl (C=O) groups is 2. The van der Waals surface area contributed by atoms with Gasteiger partial charge in [0.25, 0.3) is 0 Å². The smallest absolute Gasteiger partial charge is 0.331 e. The average Bonchev–Trinajstić information content (AvgIpc) is 3.68. The highest BCUT2D eigenvalue weighted by Gasteiger charge is 2.90. The highest BCUT2D eigenvalue weighted by molar-refractivity contribution is 6.05. The van der Waals surface area contributed by atoms with Crippen LogP contribution in [0.25, 0.3) is 6.08 Å². The van der Waals surface area contributed by atoms with Gasteiger partial charge in [0.05, 0.1) is 12.2 Å². The molecule has 7 rings (SSSR count). The summed E-state index contributed by atoms with van der Waals surface area (Å²) in [5.41, 5.74) is -5.46. The van der Waals surface area contributed by atoms with E-state index in [0.717, 1.165) is 31.2 Å². The molecule has 0 amide bonds. The second kappa shape index (κ2) is 11.0. The maximum absolute atomic E-state index is 13.8. The molecular formula is C37H44O10. The van der Waals surface area contributed by atoms with Gasteiger partial charge in [-0.2, -0.15) is 0 Å². The first-order valence-corrected chi connectivity index (χ1v) is 16.7. The lowest BCUT2D eigenvalue weighted by Gasteiger charge is -2.61. The van der Waals surface area contributed by atoms with Gasteiger partial charge in [-0.15, -0.1) is 0 Å². The monoisotopic (exact) mass is 648 g/mol. The van der Waals surface area contributed by atoms with Gasteiger partial charge in [0, 0.05) is 29.9 Å². The molecule has 3 bridgehead atoms. The number of aliphatic hydroxyl groups is 3. The van der Waals surface area contributed by atoms with Crippen molar-refractivity contribution in [3.05, 3.63) is 77.9 Å². The first-order chi connectivity index (χ1) is 22.4. The van der Waals surface area contributed by atoms with Crippen LogP contribution in [0.4, 0.5) is 0 Å². The summed E-state index contributed by atoms with van der Waals surface area (Å²) < 4.78 is 33.1. The molecule has 0 unspecified atom stereocenters. The fourth-order valence-electron chi connectivity index (χ4n) is 9.26. The van der Waals surface area contributed by atoms with Crippen LogP contribution >= 0.6 is 0 Å². The van der Waals surface area contributed by atoms with E-state index >= 15 is 0 Å². The maximum Gasteiger partial charge on any atom is 0.331 e. The number of ketones is 1. The lowest BCUT2D eigenvalue weighted by molar-refractivity contribution is -0.407. The molecule has 0 radical (unpaired) electrons. The van der Waals surface area contributed by atoms with E-state index in [-0.39, 0.29) is 5.57 Å². The first-order valence-electron chi connectivity index (χ1n) is 16.7. The molecule has 0 aromatic heterocycles. The predicted molar refractivity (Wildman–Crippen MR) is 169 cm³/mol. The number of aliphatic hydroxyl groups excluding tert-OH is 2. The summed E-state index contributed by atoms with van der Waals surface area (Å²) in [6.07, 6.45) is 7.40. The SMILES string of the molecule is C=C(C)[C@@]12O[C@@]3(/C=C/CCCCC)O[C@@H]1[C@@H]1[C@@H]4O[C@]4(CO)[C@@H](O)[C@]4(O)C(=O)C(C)=C[C@H]4[C@@]1(O3)[C@H](C)[C@H]2OC(=O)/C=C/c1ccccc1. The quantitative estimate of drug-likeness (QED) is 0.113. The van der Waals surface area contributed by atoms with E-state index < -0.39 is 88.9 Å². The largest absolute Gasteiger partial charge is 0.455 e. The van der Waals surface area contributed by atoms with Crippen LogP contribution < -0.4 is 0 Å². The van der Waals surface area contributed by atoms with Crippen molar-refractivity contribution in [3.63, 3.8) is 0 Å². The molecule has 1 aromatic carbocycles. The lowest BCUT2D eigenvalue weighted by Crippen LogP contribution is -2.76. The summed E-state index contributed by atoms with van der Waals surface area (Å²) in [6.45, 7) is 11.0. The number of fused-ring (bicyclic) bond motifs is 3. The summed E-state index contributed by atoms with van der Waals surface area (Å²) in [5, 5.41) is 34.9. The van der Waals surface area contributed by atoms with Crippen LogP contribution in [-0.2, 0) is 33.3 Å². The van der Waals surface area contributed by atoms with Crippen LogP contribution in [0.2, 0.25) is 0 Å². The molecule has 12 atom stereocenters. The number of unbranched alkanes of at least 4 members (excludes halogenated alkanes) is 3. The Morgan fingerprint density at radius 1 is 1.13 bits per heavy atom. The maximum atomic E-state index is 13.8. The minimum Gasteiger partial charge on any atom is -0.455 e. The van der Waals surface area contributed by atoms with Crippen LogP contribution in [-0.4, -0.2) is 86.5 Å². The zero-order valence-corrected chi connectivity index (χ0v) is 27.3. The average molecular weight is 649 g/mol. The number of hydrogen-bond donors (Lipinski definition) is 3. The second-order valence-corrected chi connectivity index (χ2v) is 14.1. The van der Waals surface area contributed by atoms with Crippen molar-refractivity contribution in [2.24, 2.45) is 17.8 Å². The van der Waals surface area contributed by atoms with Crippen molar-refractivity contribution >= 4 is 17.8 Å². The van der Waals surface area contributed by atoms with Crippen molar-refractivity contribution < 1.29 is 48.6 Å². The Hall–Kier alpha value is -2.96. The molecule has 3 heterocycles. The van der Waals surface area contributed by atoms with Crippen LogP contribution in [0.3, 0.4) is 0 Å². The number of carbonyl (C=O) groups excluding carboxylic acids is 2. The van der Waals surface area contributed by atoms with E-state index in [1.807, 2.05) is 43.3 Å². The highest BCUT2D eigenvalue weighted by atomic mass is 16.9. The van der Waals surface area contributed by atoms with Crippen LogP contribution in [0.15, 0.2) is 72.4 Å². The van der Waals surface area contributed by atoms with Gasteiger partial charge in [0.1, 0.15) is 30.0 Å². The number of benzene rings is 1. The topological polar surface area (TPSA) is 144 Å². The summed E-state index contributed by atoms with van der Waals surface area (Å²) >= 11 is 0. The van der Waals surface area contributed by atoms with E-state index in [1.54, 1.807) is 32.1 Å². The molecule has 3 aliphatic carbocycles. The standard InChI is InChI=1S/C37H44O10/c1-6-7-8-9-13-18-34-45-31-27-30-33(20-38,44-30)32(41)35(42)25(19-22(4)28(35)40)37(27,47-34)23(5)29(36(31,46-34)21(2)3)43-26(39)17-16-24-14-11-10-12-15-24/h10-19,23,25,27,29-32,38,41-42H,2,6-9,20H2,1,3-5H3/b17-16+,18-13+/t23-,25-,27+,29-,30+,31-,32-,33+,34-,35-,36+,37+/m1/s1. The molecule has 252 valence electrons. The van der Waals surface area contributed by atoms with Crippen molar-refractivity contribution in [1.82, 2.24) is 0 Å². The van der Waals surface area contributed by atoms with Gasteiger partial charge in [-0.05, 0) is 49.5 Å². The van der Waals surface area contributed by atoms with E-state index in [1.165, 1.54) is 6.08 Å². The van der Waals surface area contributed by atoms with Gasteiger partial charge >= 0.3 is 11.9 Å². The minimum atomic E-state index is -2.40. The molecule has 3 saturated heterocycles. The minimum absolute atomic E-state index is 0.243. The highest BCUT2D eigenvalue weighted by Crippen LogP contribution is 2.73. The Labute approximate surface area is 274 Å². The van der Waals surface area contributed by atoms with Crippen LogP contribution in [0, 0.1) is 17.8 Å². The molecule has 1 aromatic rings. The Morgan fingerprint density at radius 2 is 1.87 bits per heavy atom. The normalized spacial score (nSPS) is 45.8.